The average Bonchev–Trinajstić information content (AvgIpc) is 2.75. The lowest BCUT2D eigenvalue weighted by Gasteiger charge is -2.26. The molecule has 0 aliphatic rings. The first-order chi connectivity index (χ1) is 15.4. The van der Waals surface area contributed by atoms with Crippen LogP contribution < -0.4 is 27.4 Å². The number of primary amides is 1. The van der Waals surface area contributed by atoms with Gasteiger partial charge in [0.05, 0.1) is 6.04 Å². The van der Waals surface area contributed by atoms with Gasteiger partial charge in [0.15, 0.2) is 0 Å². The maximum absolute atomic E-state index is 13.0. The molecule has 0 aromatic heterocycles. The van der Waals surface area contributed by atoms with Crippen LogP contribution in [-0.4, -0.2) is 58.9 Å². The zero-order valence-electron chi connectivity index (χ0n) is 19.0. The van der Waals surface area contributed by atoms with E-state index >= 15 is 0 Å². The normalized spacial score (nSPS) is 14.5. The van der Waals surface area contributed by atoms with Gasteiger partial charge in [-0.3, -0.25) is 24.0 Å². The van der Waals surface area contributed by atoms with Gasteiger partial charge in [0.2, 0.25) is 23.6 Å². The molecule has 0 radical (unpaired) electrons. The smallest absolute Gasteiger partial charge is 0.325 e. The third-order valence-corrected chi connectivity index (χ3v) is 4.93. The number of rotatable bonds is 13. The summed E-state index contributed by atoms with van der Waals surface area (Å²) in [5.74, 6) is -4.09. The Kier molecular flexibility index (Phi) is 11.0. The van der Waals surface area contributed by atoms with Crippen LogP contribution in [0.5, 0.6) is 0 Å². The first-order valence-corrected chi connectivity index (χ1v) is 10.6. The molecule has 4 unspecified atom stereocenters. The Balaban J connectivity index is 2.97. The first kappa shape index (κ1) is 27.6. The Bertz CT molecular complexity index is 845. The van der Waals surface area contributed by atoms with Gasteiger partial charge in [0.1, 0.15) is 18.1 Å². The van der Waals surface area contributed by atoms with Crippen LogP contribution >= 0.6 is 0 Å². The molecule has 0 aliphatic carbocycles. The van der Waals surface area contributed by atoms with E-state index in [4.69, 9.17) is 16.6 Å². The summed E-state index contributed by atoms with van der Waals surface area (Å²) in [5.41, 5.74) is 11.6. The molecule has 182 valence electrons. The third-order valence-electron chi connectivity index (χ3n) is 4.93. The van der Waals surface area contributed by atoms with Crippen LogP contribution in [0.25, 0.3) is 0 Å². The van der Waals surface area contributed by atoms with Crippen LogP contribution in [0.3, 0.4) is 0 Å². The number of nitrogens with one attached hydrogen (secondary N) is 3. The minimum atomic E-state index is -1.22. The molecule has 1 rings (SSSR count). The van der Waals surface area contributed by atoms with E-state index in [2.05, 4.69) is 16.0 Å². The molecule has 0 heterocycles. The summed E-state index contributed by atoms with van der Waals surface area (Å²) >= 11 is 0. The number of carbonyl (C=O) groups excluding carboxylic acids is 4. The van der Waals surface area contributed by atoms with Gasteiger partial charge in [0, 0.05) is 12.8 Å². The minimum absolute atomic E-state index is 0.0275. The molecule has 33 heavy (non-hydrogen) atoms. The number of carbonyl (C=O) groups is 5. The van der Waals surface area contributed by atoms with E-state index in [-0.39, 0.29) is 25.2 Å². The van der Waals surface area contributed by atoms with Crippen molar-refractivity contribution in [3.05, 3.63) is 35.9 Å². The summed E-state index contributed by atoms with van der Waals surface area (Å²) in [6.45, 7) is 4.72. The van der Waals surface area contributed by atoms with Gasteiger partial charge >= 0.3 is 5.97 Å². The van der Waals surface area contributed by atoms with Gasteiger partial charge in [-0.05, 0) is 24.8 Å². The van der Waals surface area contributed by atoms with Crippen molar-refractivity contribution in [2.75, 3.05) is 0 Å². The van der Waals surface area contributed by atoms with Crippen LogP contribution in [0.15, 0.2) is 30.3 Å². The summed E-state index contributed by atoms with van der Waals surface area (Å²) in [4.78, 5) is 60.2. The van der Waals surface area contributed by atoms with Crippen LogP contribution in [0.1, 0.15) is 39.2 Å². The highest BCUT2D eigenvalue weighted by atomic mass is 16.4. The number of benzene rings is 1. The van der Waals surface area contributed by atoms with E-state index in [0.29, 0.717) is 0 Å². The Hall–Kier alpha value is -3.47. The number of aliphatic carboxylic acids is 1. The number of nitrogens with two attached hydrogens (primary N) is 2. The van der Waals surface area contributed by atoms with Gasteiger partial charge in [0.25, 0.3) is 0 Å². The molecule has 11 heteroatoms. The fourth-order valence-electron chi connectivity index (χ4n) is 2.92. The lowest BCUT2D eigenvalue weighted by Crippen LogP contribution is -2.58. The Morgan fingerprint density at radius 1 is 0.909 bits per heavy atom. The molecule has 0 spiro atoms. The molecule has 0 fully saturated rings. The molecule has 0 saturated carbocycles. The summed E-state index contributed by atoms with van der Waals surface area (Å²) < 4.78 is 0. The first-order valence-electron chi connectivity index (χ1n) is 10.6. The van der Waals surface area contributed by atoms with E-state index in [0.717, 1.165) is 5.56 Å². The summed E-state index contributed by atoms with van der Waals surface area (Å²) in [6.07, 6.45) is 0.0650. The van der Waals surface area contributed by atoms with Crippen LogP contribution in [-0.2, 0) is 30.4 Å². The lowest BCUT2D eigenvalue weighted by atomic mass is 10.00. The molecular formula is C22H33N5O6. The van der Waals surface area contributed by atoms with Crippen LogP contribution in [0.4, 0.5) is 0 Å². The fraction of sp³-hybridized carbons (Fsp3) is 0.500. The van der Waals surface area contributed by atoms with Crippen LogP contribution in [0.2, 0.25) is 0 Å². The summed E-state index contributed by atoms with van der Waals surface area (Å²) in [5, 5.41) is 16.6. The summed E-state index contributed by atoms with van der Waals surface area (Å²) in [7, 11) is 0. The van der Waals surface area contributed by atoms with E-state index < -0.39 is 53.8 Å². The van der Waals surface area contributed by atoms with Gasteiger partial charge < -0.3 is 32.5 Å². The van der Waals surface area contributed by atoms with Gasteiger partial charge in [-0.2, -0.15) is 0 Å². The van der Waals surface area contributed by atoms with E-state index in [1.807, 2.05) is 0 Å². The topological polar surface area (TPSA) is 194 Å². The molecular weight excluding hydrogens is 430 g/mol. The van der Waals surface area contributed by atoms with Crippen molar-refractivity contribution in [2.45, 2.75) is 64.2 Å². The Labute approximate surface area is 192 Å². The molecule has 8 N–H and O–H groups in total. The van der Waals surface area contributed by atoms with Crippen molar-refractivity contribution in [1.29, 1.82) is 0 Å². The van der Waals surface area contributed by atoms with E-state index in [1.54, 1.807) is 44.2 Å². The Morgan fingerprint density at radius 2 is 1.52 bits per heavy atom. The number of carboxylic acids is 1. The molecule has 4 amide bonds. The minimum Gasteiger partial charge on any atom is -0.480 e. The molecule has 1 aromatic rings. The zero-order valence-corrected chi connectivity index (χ0v) is 19.0. The molecule has 1 aromatic carbocycles. The molecule has 4 atom stereocenters. The predicted molar refractivity (Wildman–Crippen MR) is 120 cm³/mol. The Morgan fingerprint density at radius 3 is 2.03 bits per heavy atom. The third kappa shape index (κ3) is 9.69. The lowest BCUT2D eigenvalue weighted by molar-refractivity contribution is -0.141. The highest BCUT2D eigenvalue weighted by Crippen LogP contribution is 2.08. The van der Waals surface area contributed by atoms with Gasteiger partial charge in [-0.15, -0.1) is 0 Å². The van der Waals surface area contributed by atoms with Crippen molar-refractivity contribution < 1.29 is 29.1 Å². The van der Waals surface area contributed by atoms with Gasteiger partial charge in [-0.25, -0.2) is 0 Å². The second-order valence-corrected chi connectivity index (χ2v) is 8.16. The maximum atomic E-state index is 13.0. The number of hydrogen-bond donors (Lipinski definition) is 6. The van der Waals surface area contributed by atoms with E-state index in [1.165, 1.54) is 6.92 Å². The predicted octanol–water partition coefficient (Wildman–Crippen LogP) is -0.963. The zero-order chi connectivity index (χ0) is 25.1. The molecule has 0 aliphatic heterocycles. The van der Waals surface area contributed by atoms with Crippen molar-refractivity contribution in [2.24, 2.45) is 17.4 Å². The fourth-order valence-corrected chi connectivity index (χ4v) is 2.92. The SMILES string of the molecule is CC(NC(=O)C(Cc1ccccc1)NC(=O)C(NC(=O)C(N)CCC(N)=O)C(C)C)C(=O)O. The quantitative estimate of drug-likeness (QED) is 0.217. The van der Waals surface area contributed by atoms with Gasteiger partial charge in [-0.1, -0.05) is 44.2 Å². The summed E-state index contributed by atoms with van der Waals surface area (Å²) in [6, 6.07) is 4.60. The second kappa shape index (κ2) is 13.2. The highest BCUT2D eigenvalue weighted by molar-refractivity contribution is 5.94. The monoisotopic (exact) mass is 463 g/mol. The highest BCUT2D eigenvalue weighted by Gasteiger charge is 2.31. The van der Waals surface area contributed by atoms with Crippen molar-refractivity contribution in [1.82, 2.24) is 16.0 Å². The van der Waals surface area contributed by atoms with Crippen LogP contribution in [0, 0.1) is 5.92 Å². The van der Waals surface area contributed by atoms with Crippen molar-refractivity contribution in [3.8, 4) is 0 Å². The second-order valence-electron chi connectivity index (χ2n) is 8.16. The number of hydrogen-bond acceptors (Lipinski definition) is 6. The van der Waals surface area contributed by atoms with Crippen molar-refractivity contribution >= 4 is 29.6 Å². The standard InChI is InChI=1S/C22H33N5O6/c1-12(2)18(27-19(29)15(23)9-10-17(24)28)21(31)26-16(11-14-7-5-4-6-8-14)20(30)25-13(3)22(32)33/h4-8,12-13,15-16,18H,9-11,23H2,1-3H3,(H2,24,28)(H,25,30)(H,26,31)(H,27,29)(H,32,33). The molecule has 0 bridgehead atoms. The number of amides is 4. The molecule has 11 nitrogen and oxygen atoms in total. The average molecular weight is 464 g/mol. The maximum Gasteiger partial charge on any atom is 0.325 e. The number of carboxylic acid groups (broad SMARTS) is 1. The largest absolute Gasteiger partial charge is 0.480 e. The molecule has 0 saturated heterocycles. The van der Waals surface area contributed by atoms with Crippen molar-refractivity contribution in [3.63, 3.8) is 0 Å². The van der Waals surface area contributed by atoms with E-state index in [9.17, 15) is 24.0 Å².